The van der Waals surface area contributed by atoms with E-state index < -0.39 is 5.97 Å². The van der Waals surface area contributed by atoms with Crippen LogP contribution in [0.3, 0.4) is 0 Å². The van der Waals surface area contributed by atoms with Crippen molar-refractivity contribution < 1.29 is 19.7 Å². The van der Waals surface area contributed by atoms with Crippen LogP contribution in [-0.2, 0) is 16.1 Å². The summed E-state index contributed by atoms with van der Waals surface area (Å²) in [6.07, 6.45) is 0. The van der Waals surface area contributed by atoms with Crippen molar-refractivity contribution in [2.75, 3.05) is 6.61 Å². The number of ether oxygens (including phenoxy) is 1. The molecule has 3 aromatic rings. The highest BCUT2D eigenvalue weighted by atomic mass is 35.5. The first kappa shape index (κ1) is 19.0. The van der Waals surface area contributed by atoms with Crippen molar-refractivity contribution in [2.45, 2.75) is 13.5 Å². The molecule has 0 bridgehead atoms. The second kappa shape index (κ2) is 7.85. The van der Waals surface area contributed by atoms with Crippen LogP contribution in [0, 0.1) is 0 Å². The Bertz CT molecular complexity index is 1000. The Kier molecular flexibility index (Phi) is 5.53. The molecule has 7 nitrogen and oxygen atoms in total. The van der Waals surface area contributed by atoms with Crippen LogP contribution in [0.4, 0.5) is 0 Å². The van der Waals surface area contributed by atoms with Gasteiger partial charge in [-0.15, -0.1) is 5.10 Å². The van der Waals surface area contributed by atoms with Gasteiger partial charge in [0.15, 0.2) is 11.6 Å². The van der Waals surface area contributed by atoms with Gasteiger partial charge in [-0.05, 0) is 43.3 Å². The van der Waals surface area contributed by atoms with Crippen LogP contribution in [0.2, 0.25) is 10.0 Å². The van der Waals surface area contributed by atoms with Crippen molar-refractivity contribution in [1.29, 1.82) is 0 Å². The minimum Gasteiger partial charge on any atom is -0.507 e. The van der Waals surface area contributed by atoms with Gasteiger partial charge in [0, 0.05) is 10.0 Å². The maximum atomic E-state index is 11.9. The summed E-state index contributed by atoms with van der Waals surface area (Å²) in [7, 11) is 0. The molecule has 0 radical (unpaired) electrons. The van der Waals surface area contributed by atoms with E-state index in [0.29, 0.717) is 10.0 Å². The lowest BCUT2D eigenvalue weighted by atomic mass is 10.1. The monoisotopic (exact) mass is 407 g/mol. The van der Waals surface area contributed by atoms with Crippen molar-refractivity contribution in [1.82, 2.24) is 14.8 Å². The summed E-state index contributed by atoms with van der Waals surface area (Å²) in [6, 6.07) is 8.89. The minimum atomic E-state index is -0.521. The highest BCUT2D eigenvalue weighted by molar-refractivity contribution is 6.31. The standard InChI is InChI=1S/C18H15Cl2N3O4/c1-2-27-16(26)9-23-18(13-8-11(20)4-6-15(13)25)21-17(22-23)12-7-10(19)3-5-14(12)24/h3-8,24-25H,2,9H2,1H3. The number of halogens is 2. The second-order valence-corrected chi connectivity index (χ2v) is 6.42. The predicted molar refractivity (Wildman–Crippen MR) is 101 cm³/mol. The predicted octanol–water partition coefficient (Wildman–Crippen LogP) is 3.89. The number of carbonyl (C=O) groups excluding carboxylic acids is 1. The van der Waals surface area contributed by atoms with Gasteiger partial charge in [0.05, 0.1) is 17.7 Å². The largest absolute Gasteiger partial charge is 0.507 e. The fraction of sp³-hybridized carbons (Fsp3) is 0.167. The van der Waals surface area contributed by atoms with Gasteiger partial charge in [-0.2, -0.15) is 0 Å². The van der Waals surface area contributed by atoms with E-state index in [-0.39, 0.29) is 47.4 Å². The SMILES string of the molecule is CCOC(=O)Cn1nc(-c2cc(Cl)ccc2O)nc1-c1cc(Cl)ccc1O. The Hall–Kier alpha value is -2.77. The number of rotatable bonds is 5. The van der Waals surface area contributed by atoms with Gasteiger partial charge in [-0.3, -0.25) is 4.79 Å². The van der Waals surface area contributed by atoms with E-state index in [4.69, 9.17) is 27.9 Å². The molecule has 0 aliphatic heterocycles. The first-order valence-electron chi connectivity index (χ1n) is 7.97. The molecule has 0 saturated carbocycles. The number of phenols is 2. The quantitative estimate of drug-likeness (QED) is 0.622. The molecule has 0 amide bonds. The van der Waals surface area contributed by atoms with Crippen LogP contribution in [-0.4, -0.2) is 37.6 Å². The highest BCUT2D eigenvalue weighted by Gasteiger charge is 2.20. The van der Waals surface area contributed by atoms with Gasteiger partial charge in [-0.25, -0.2) is 9.67 Å². The average Bonchev–Trinajstić information content (AvgIpc) is 3.02. The first-order chi connectivity index (χ1) is 12.9. The molecule has 27 heavy (non-hydrogen) atoms. The zero-order valence-electron chi connectivity index (χ0n) is 14.2. The number of carbonyl (C=O) groups is 1. The number of phenolic OH excluding ortho intramolecular Hbond substituents is 2. The van der Waals surface area contributed by atoms with E-state index in [1.54, 1.807) is 6.92 Å². The Morgan fingerprint density at radius 2 is 1.67 bits per heavy atom. The summed E-state index contributed by atoms with van der Waals surface area (Å²) in [5.41, 5.74) is 0.569. The van der Waals surface area contributed by atoms with E-state index in [1.165, 1.54) is 41.1 Å². The van der Waals surface area contributed by atoms with E-state index in [0.717, 1.165) is 0 Å². The van der Waals surface area contributed by atoms with Gasteiger partial charge < -0.3 is 14.9 Å². The molecular formula is C18H15Cl2N3O4. The summed E-state index contributed by atoms with van der Waals surface area (Å²) in [5, 5.41) is 25.4. The Balaban J connectivity index is 2.15. The molecule has 140 valence electrons. The normalized spacial score (nSPS) is 10.8. The maximum Gasteiger partial charge on any atom is 0.327 e. The van der Waals surface area contributed by atoms with Gasteiger partial charge in [0.25, 0.3) is 0 Å². The third kappa shape index (κ3) is 4.15. The molecule has 3 rings (SSSR count). The third-order valence-electron chi connectivity index (χ3n) is 3.65. The number of nitrogens with zero attached hydrogens (tertiary/aromatic N) is 3. The summed E-state index contributed by atoms with van der Waals surface area (Å²) in [4.78, 5) is 16.3. The molecular weight excluding hydrogens is 393 g/mol. The third-order valence-corrected chi connectivity index (χ3v) is 4.13. The van der Waals surface area contributed by atoms with Crippen molar-refractivity contribution in [3.8, 4) is 34.3 Å². The van der Waals surface area contributed by atoms with E-state index >= 15 is 0 Å². The molecule has 0 fully saturated rings. The topological polar surface area (TPSA) is 97.5 Å². The lowest BCUT2D eigenvalue weighted by Gasteiger charge is -2.07. The number of esters is 1. The molecule has 9 heteroatoms. The molecule has 2 N–H and O–H groups in total. The molecule has 0 aliphatic carbocycles. The highest BCUT2D eigenvalue weighted by Crippen LogP contribution is 2.34. The van der Waals surface area contributed by atoms with Gasteiger partial charge in [0.1, 0.15) is 18.0 Å². The zero-order chi connectivity index (χ0) is 19.6. The summed E-state index contributed by atoms with van der Waals surface area (Å²) in [6.45, 7) is 1.68. The number of aromatic hydroxyl groups is 2. The Labute approximate surface area is 164 Å². The molecule has 0 saturated heterocycles. The Morgan fingerprint density at radius 1 is 1.07 bits per heavy atom. The number of hydrogen-bond donors (Lipinski definition) is 2. The smallest absolute Gasteiger partial charge is 0.327 e. The fourth-order valence-electron chi connectivity index (χ4n) is 2.47. The van der Waals surface area contributed by atoms with E-state index in [1.807, 2.05) is 0 Å². The number of aromatic nitrogens is 3. The lowest BCUT2D eigenvalue weighted by Crippen LogP contribution is -2.15. The van der Waals surface area contributed by atoms with Crippen molar-refractivity contribution >= 4 is 29.2 Å². The van der Waals surface area contributed by atoms with E-state index in [2.05, 4.69) is 10.1 Å². The minimum absolute atomic E-state index is 0.0745. The van der Waals surface area contributed by atoms with Crippen LogP contribution in [0.1, 0.15) is 6.92 Å². The molecule has 0 unspecified atom stereocenters. The first-order valence-corrected chi connectivity index (χ1v) is 8.73. The summed E-state index contributed by atoms with van der Waals surface area (Å²) >= 11 is 12.0. The molecule has 0 spiro atoms. The molecule has 0 aliphatic rings. The fourth-order valence-corrected chi connectivity index (χ4v) is 2.81. The second-order valence-electron chi connectivity index (χ2n) is 5.54. The van der Waals surface area contributed by atoms with Crippen LogP contribution in [0.15, 0.2) is 36.4 Å². The van der Waals surface area contributed by atoms with Crippen LogP contribution < -0.4 is 0 Å². The maximum absolute atomic E-state index is 11.9. The van der Waals surface area contributed by atoms with Crippen molar-refractivity contribution in [3.63, 3.8) is 0 Å². The van der Waals surface area contributed by atoms with E-state index in [9.17, 15) is 15.0 Å². The molecule has 2 aromatic carbocycles. The Morgan fingerprint density at radius 3 is 2.30 bits per heavy atom. The van der Waals surface area contributed by atoms with Crippen molar-refractivity contribution in [3.05, 3.63) is 46.4 Å². The zero-order valence-corrected chi connectivity index (χ0v) is 15.7. The van der Waals surface area contributed by atoms with Gasteiger partial charge >= 0.3 is 5.97 Å². The summed E-state index contributed by atoms with van der Waals surface area (Å²) < 4.78 is 6.24. The lowest BCUT2D eigenvalue weighted by molar-refractivity contribution is -0.144. The number of hydrogen-bond acceptors (Lipinski definition) is 6. The number of benzene rings is 2. The molecule has 1 aromatic heterocycles. The van der Waals surface area contributed by atoms with Gasteiger partial charge in [-0.1, -0.05) is 23.2 Å². The average molecular weight is 408 g/mol. The summed E-state index contributed by atoms with van der Waals surface area (Å²) in [5.74, 6) is -0.355. The molecule has 0 atom stereocenters. The molecule has 1 heterocycles. The van der Waals surface area contributed by atoms with Crippen LogP contribution >= 0.6 is 23.2 Å². The van der Waals surface area contributed by atoms with Crippen molar-refractivity contribution in [2.24, 2.45) is 0 Å². The van der Waals surface area contributed by atoms with Gasteiger partial charge in [0.2, 0.25) is 0 Å². The van der Waals surface area contributed by atoms with Crippen LogP contribution in [0.5, 0.6) is 11.5 Å². The van der Waals surface area contributed by atoms with Crippen LogP contribution in [0.25, 0.3) is 22.8 Å².